The number of amides is 3. The SMILES string of the molecule is CC(C)CCc1sc(NC(=O)c2cc(NC(=O)c3ccc(C=Cc4ccc5ccccc5c4)cc3)cn2C)nc1C(=O)NCCN1CCOCC1. The fourth-order valence-electron chi connectivity index (χ4n) is 5.88. The van der Waals surface area contributed by atoms with Crippen LogP contribution in [0.3, 0.4) is 0 Å². The van der Waals surface area contributed by atoms with E-state index in [0.29, 0.717) is 59.9 Å². The first kappa shape index (κ1) is 35.7. The van der Waals surface area contributed by atoms with Gasteiger partial charge in [0.2, 0.25) is 0 Å². The lowest BCUT2D eigenvalue weighted by Gasteiger charge is -2.26. The van der Waals surface area contributed by atoms with Crippen LogP contribution < -0.4 is 16.0 Å². The highest BCUT2D eigenvalue weighted by Gasteiger charge is 2.22. The van der Waals surface area contributed by atoms with Crippen LogP contribution in [0.1, 0.15) is 67.6 Å². The molecule has 51 heavy (non-hydrogen) atoms. The number of aryl methyl sites for hydroxylation is 2. The van der Waals surface area contributed by atoms with Crippen LogP contribution >= 0.6 is 11.3 Å². The summed E-state index contributed by atoms with van der Waals surface area (Å²) in [5.74, 6) is -0.451. The second-order valence-corrected chi connectivity index (χ2v) is 14.2. The number of hydrogen-bond donors (Lipinski definition) is 3. The normalized spacial score (nSPS) is 13.6. The van der Waals surface area contributed by atoms with Crippen molar-refractivity contribution in [2.24, 2.45) is 13.0 Å². The van der Waals surface area contributed by atoms with Crippen molar-refractivity contribution in [3.8, 4) is 0 Å². The molecule has 0 unspecified atom stereocenters. The molecule has 3 N–H and O–H groups in total. The van der Waals surface area contributed by atoms with Crippen molar-refractivity contribution in [2.45, 2.75) is 26.7 Å². The number of fused-ring (bicyclic) bond motifs is 1. The minimum Gasteiger partial charge on any atom is -0.379 e. The smallest absolute Gasteiger partial charge is 0.274 e. The number of hydrogen-bond acceptors (Lipinski definition) is 7. The Morgan fingerprint density at radius 3 is 2.37 bits per heavy atom. The second kappa shape index (κ2) is 16.7. The van der Waals surface area contributed by atoms with E-state index < -0.39 is 0 Å². The zero-order valence-corrected chi connectivity index (χ0v) is 30.1. The quantitative estimate of drug-likeness (QED) is 0.114. The van der Waals surface area contributed by atoms with Gasteiger partial charge >= 0.3 is 0 Å². The van der Waals surface area contributed by atoms with Gasteiger partial charge in [-0.2, -0.15) is 0 Å². The Hall–Kier alpha value is -5.10. The number of carbonyl (C=O) groups is 3. The number of benzene rings is 3. The van der Waals surface area contributed by atoms with E-state index in [-0.39, 0.29) is 17.7 Å². The van der Waals surface area contributed by atoms with E-state index in [0.717, 1.165) is 42.1 Å². The van der Waals surface area contributed by atoms with Gasteiger partial charge in [-0.05, 0) is 64.9 Å². The van der Waals surface area contributed by atoms with Gasteiger partial charge in [-0.25, -0.2) is 4.98 Å². The summed E-state index contributed by atoms with van der Waals surface area (Å²) in [5, 5.41) is 11.5. The third-order valence-electron chi connectivity index (χ3n) is 8.81. The molecule has 3 aromatic carbocycles. The average molecular weight is 705 g/mol. The first-order valence-corrected chi connectivity index (χ1v) is 18.2. The molecular formula is C40H44N6O4S. The van der Waals surface area contributed by atoms with Gasteiger partial charge < -0.3 is 19.9 Å². The Labute approximate surface area is 302 Å². The molecule has 1 aliphatic rings. The minimum absolute atomic E-state index is 0.239. The highest BCUT2D eigenvalue weighted by molar-refractivity contribution is 7.16. The molecule has 3 amide bonds. The van der Waals surface area contributed by atoms with E-state index in [4.69, 9.17) is 4.74 Å². The van der Waals surface area contributed by atoms with Gasteiger partial charge in [-0.3, -0.25) is 24.6 Å². The first-order chi connectivity index (χ1) is 24.7. The number of rotatable bonds is 13. The molecule has 11 heteroatoms. The lowest BCUT2D eigenvalue weighted by atomic mass is 10.1. The molecule has 0 spiro atoms. The molecular weight excluding hydrogens is 661 g/mol. The van der Waals surface area contributed by atoms with Crippen LogP contribution in [-0.2, 0) is 18.2 Å². The highest BCUT2D eigenvalue weighted by Crippen LogP contribution is 2.27. The summed E-state index contributed by atoms with van der Waals surface area (Å²) in [4.78, 5) is 47.3. The van der Waals surface area contributed by atoms with Gasteiger partial charge in [0, 0.05) is 49.9 Å². The topological polar surface area (TPSA) is 118 Å². The van der Waals surface area contributed by atoms with Crippen LogP contribution in [0.5, 0.6) is 0 Å². The standard InChI is InChI=1S/C40H44N6O4S/c1-27(2)8-17-35-36(39(49)41-18-19-46-20-22-50-23-21-46)43-40(51-35)44-38(48)34-25-33(26-45(34)3)42-37(47)31-15-11-28(12-16-31)9-10-29-13-14-30-6-4-5-7-32(30)24-29/h4-7,9-16,24-27H,8,17-23H2,1-3H3,(H,41,49)(H,42,47)(H,43,44,48). The van der Waals surface area contributed by atoms with E-state index in [1.165, 1.54) is 22.1 Å². The molecule has 2 aromatic heterocycles. The molecule has 6 rings (SSSR count). The lowest BCUT2D eigenvalue weighted by Crippen LogP contribution is -2.41. The van der Waals surface area contributed by atoms with Crippen LogP contribution in [0.25, 0.3) is 22.9 Å². The van der Waals surface area contributed by atoms with Gasteiger partial charge in [-0.1, -0.05) is 74.5 Å². The Balaban J connectivity index is 1.06. The summed E-state index contributed by atoms with van der Waals surface area (Å²) in [6.45, 7) is 8.64. The van der Waals surface area contributed by atoms with Crippen molar-refractivity contribution in [1.29, 1.82) is 0 Å². The molecule has 3 heterocycles. The summed E-state index contributed by atoms with van der Waals surface area (Å²) >= 11 is 1.32. The van der Waals surface area contributed by atoms with E-state index in [1.807, 2.05) is 30.3 Å². The number of anilines is 2. The van der Waals surface area contributed by atoms with Crippen molar-refractivity contribution in [1.82, 2.24) is 19.8 Å². The maximum atomic E-state index is 13.4. The number of ether oxygens (including phenoxy) is 1. The van der Waals surface area contributed by atoms with Crippen LogP contribution in [0, 0.1) is 5.92 Å². The average Bonchev–Trinajstić information content (AvgIpc) is 3.72. The Morgan fingerprint density at radius 2 is 1.61 bits per heavy atom. The number of morpholine rings is 1. The van der Waals surface area contributed by atoms with Gasteiger partial charge in [-0.15, -0.1) is 11.3 Å². The van der Waals surface area contributed by atoms with Gasteiger partial charge in [0.25, 0.3) is 17.7 Å². The van der Waals surface area contributed by atoms with Crippen LogP contribution in [-0.4, -0.2) is 71.6 Å². The number of aromatic nitrogens is 2. The number of nitrogens with one attached hydrogen (secondary N) is 3. The summed E-state index contributed by atoms with van der Waals surface area (Å²) in [5.41, 5.74) is 3.76. The molecule has 0 radical (unpaired) electrons. The van der Waals surface area contributed by atoms with E-state index >= 15 is 0 Å². The Bertz CT molecular complexity index is 2020. The molecule has 0 aliphatic carbocycles. The maximum Gasteiger partial charge on any atom is 0.274 e. The largest absolute Gasteiger partial charge is 0.379 e. The molecule has 1 fully saturated rings. The molecule has 0 atom stereocenters. The summed E-state index contributed by atoms with van der Waals surface area (Å²) in [6, 6.07) is 23.6. The molecule has 5 aromatic rings. The maximum absolute atomic E-state index is 13.4. The van der Waals surface area contributed by atoms with E-state index in [1.54, 1.807) is 36.0 Å². The third-order valence-corrected chi connectivity index (χ3v) is 9.84. The number of thiazole rings is 1. The van der Waals surface area contributed by atoms with Crippen LogP contribution in [0.4, 0.5) is 10.8 Å². The van der Waals surface area contributed by atoms with Crippen LogP contribution in [0.15, 0.2) is 79.0 Å². The second-order valence-electron chi connectivity index (χ2n) is 13.1. The van der Waals surface area contributed by atoms with Crippen molar-refractivity contribution in [3.05, 3.63) is 112 Å². The lowest BCUT2D eigenvalue weighted by molar-refractivity contribution is 0.0383. The third kappa shape index (κ3) is 9.57. The van der Waals surface area contributed by atoms with E-state index in [2.05, 4.69) is 76.1 Å². The van der Waals surface area contributed by atoms with E-state index in [9.17, 15) is 14.4 Å². The van der Waals surface area contributed by atoms with Crippen molar-refractivity contribution in [2.75, 3.05) is 50.0 Å². The molecule has 10 nitrogen and oxygen atoms in total. The van der Waals surface area contributed by atoms with Crippen molar-refractivity contribution >= 4 is 62.8 Å². The predicted molar refractivity (Wildman–Crippen MR) is 206 cm³/mol. The zero-order chi connectivity index (χ0) is 35.7. The fourth-order valence-corrected chi connectivity index (χ4v) is 6.85. The molecule has 264 valence electrons. The molecule has 0 saturated carbocycles. The zero-order valence-electron chi connectivity index (χ0n) is 29.3. The van der Waals surface area contributed by atoms with Crippen molar-refractivity contribution in [3.63, 3.8) is 0 Å². The summed E-state index contributed by atoms with van der Waals surface area (Å²) in [7, 11) is 1.74. The summed E-state index contributed by atoms with van der Waals surface area (Å²) in [6.07, 6.45) is 7.36. The highest BCUT2D eigenvalue weighted by atomic mass is 32.1. The van der Waals surface area contributed by atoms with Gasteiger partial charge in [0.05, 0.1) is 18.9 Å². The van der Waals surface area contributed by atoms with Gasteiger partial charge in [0.15, 0.2) is 5.13 Å². The Kier molecular flexibility index (Phi) is 11.7. The first-order valence-electron chi connectivity index (χ1n) is 17.4. The minimum atomic E-state index is -0.385. The molecule has 1 aliphatic heterocycles. The summed E-state index contributed by atoms with van der Waals surface area (Å²) < 4.78 is 7.05. The van der Waals surface area contributed by atoms with Gasteiger partial charge in [0.1, 0.15) is 11.4 Å². The molecule has 0 bridgehead atoms. The Morgan fingerprint density at radius 1 is 0.882 bits per heavy atom. The fraction of sp³-hybridized carbons (Fsp3) is 0.300. The molecule has 1 saturated heterocycles. The monoisotopic (exact) mass is 704 g/mol. The van der Waals surface area contributed by atoms with Crippen molar-refractivity contribution < 1.29 is 19.1 Å². The number of carbonyl (C=O) groups excluding carboxylic acids is 3. The number of nitrogens with zero attached hydrogens (tertiary/aromatic N) is 3. The van der Waals surface area contributed by atoms with Crippen LogP contribution in [0.2, 0.25) is 0 Å². The predicted octanol–water partition coefficient (Wildman–Crippen LogP) is 6.96.